The summed E-state index contributed by atoms with van der Waals surface area (Å²) in [7, 11) is 0. The van der Waals surface area contributed by atoms with Crippen molar-refractivity contribution in [3.63, 3.8) is 0 Å². The van der Waals surface area contributed by atoms with Crippen molar-refractivity contribution >= 4 is 41.5 Å². The van der Waals surface area contributed by atoms with Crippen LogP contribution >= 0.6 is 24.0 Å². The molecule has 1 amide bonds. The van der Waals surface area contributed by atoms with Crippen LogP contribution in [0.2, 0.25) is 0 Å². The van der Waals surface area contributed by atoms with Crippen LogP contribution in [0.4, 0.5) is 23.2 Å². The summed E-state index contributed by atoms with van der Waals surface area (Å²) in [5.74, 6) is -0.0398. The van der Waals surface area contributed by atoms with E-state index in [0.29, 0.717) is 32.7 Å². The first-order valence-corrected chi connectivity index (χ1v) is 9.65. The SMILES string of the molecule is CCNC(=NCCC(F)(F)F)NCCC(=O)N1CCN(c2ccc(F)cc2)CC1.I. The monoisotopic (exact) mass is 545 g/mol. The van der Waals surface area contributed by atoms with E-state index >= 15 is 0 Å². The lowest BCUT2D eigenvalue weighted by atomic mass is 10.2. The molecule has 1 aromatic carbocycles. The second kappa shape index (κ2) is 12.8. The lowest BCUT2D eigenvalue weighted by Crippen LogP contribution is -2.49. The van der Waals surface area contributed by atoms with Gasteiger partial charge in [-0.2, -0.15) is 13.2 Å². The zero-order chi connectivity index (χ0) is 21.3. The molecule has 2 N–H and O–H groups in total. The van der Waals surface area contributed by atoms with Crippen LogP contribution in [-0.4, -0.2) is 68.8 Å². The third-order valence-corrected chi connectivity index (χ3v) is 4.46. The van der Waals surface area contributed by atoms with Crippen LogP contribution in [0.15, 0.2) is 29.3 Å². The summed E-state index contributed by atoms with van der Waals surface area (Å²) in [6.07, 6.45) is -5.01. The number of halogens is 5. The van der Waals surface area contributed by atoms with Gasteiger partial charge in [0.25, 0.3) is 0 Å². The molecule has 1 saturated heterocycles. The van der Waals surface area contributed by atoms with Crippen molar-refractivity contribution in [1.29, 1.82) is 0 Å². The number of nitrogens with one attached hydrogen (secondary N) is 2. The number of benzene rings is 1. The Morgan fingerprint density at radius 2 is 1.73 bits per heavy atom. The maximum absolute atomic E-state index is 13.0. The first-order valence-electron chi connectivity index (χ1n) is 9.65. The van der Waals surface area contributed by atoms with Crippen molar-refractivity contribution in [2.75, 3.05) is 50.7 Å². The van der Waals surface area contributed by atoms with E-state index < -0.39 is 12.6 Å². The van der Waals surface area contributed by atoms with Crippen molar-refractivity contribution in [3.8, 4) is 0 Å². The van der Waals surface area contributed by atoms with E-state index in [0.717, 1.165) is 5.69 Å². The quantitative estimate of drug-likeness (QED) is 0.240. The number of carbonyl (C=O) groups is 1. The van der Waals surface area contributed by atoms with Gasteiger partial charge < -0.3 is 20.4 Å². The van der Waals surface area contributed by atoms with Crippen molar-refractivity contribution < 1.29 is 22.4 Å². The first kappa shape index (κ1) is 26.2. The van der Waals surface area contributed by atoms with Crippen LogP contribution < -0.4 is 15.5 Å². The van der Waals surface area contributed by atoms with E-state index in [1.54, 1.807) is 17.0 Å². The Labute approximate surface area is 191 Å². The van der Waals surface area contributed by atoms with Gasteiger partial charge in [0.15, 0.2) is 5.96 Å². The second-order valence-corrected chi connectivity index (χ2v) is 6.65. The van der Waals surface area contributed by atoms with Gasteiger partial charge in [-0.3, -0.25) is 9.79 Å². The second-order valence-electron chi connectivity index (χ2n) is 6.65. The minimum Gasteiger partial charge on any atom is -0.368 e. The molecule has 2 rings (SSSR count). The topological polar surface area (TPSA) is 60.0 Å². The zero-order valence-electron chi connectivity index (χ0n) is 16.8. The number of nitrogens with zero attached hydrogens (tertiary/aromatic N) is 3. The highest BCUT2D eigenvalue weighted by Gasteiger charge is 2.26. The van der Waals surface area contributed by atoms with Crippen molar-refractivity contribution in [2.45, 2.75) is 25.9 Å². The van der Waals surface area contributed by atoms with Crippen LogP contribution in [0.1, 0.15) is 19.8 Å². The molecule has 1 aromatic rings. The Kier molecular flexibility index (Phi) is 11.2. The third-order valence-electron chi connectivity index (χ3n) is 4.46. The van der Waals surface area contributed by atoms with E-state index in [1.807, 2.05) is 6.92 Å². The van der Waals surface area contributed by atoms with Crippen LogP contribution in [0.25, 0.3) is 0 Å². The molecule has 1 aliphatic heterocycles. The summed E-state index contributed by atoms with van der Waals surface area (Å²) in [5.41, 5.74) is 0.922. The predicted octanol–water partition coefficient (Wildman–Crippen LogP) is 2.99. The molecule has 0 aromatic heterocycles. The summed E-state index contributed by atoms with van der Waals surface area (Å²) >= 11 is 0. The summed E-state index contributed by atoms with van der Waals surface area (Å²) in [6.45, 7) is 4.70. The maximum Gasteiger partial charge on any atom is 0.390 e. The number of anilines is 1. The van der Waals surface area contributed by atoms with E-state index in [1.165, 1.54) is 12.1 Å². The number of aliphatic imine (C=N–C) groups is 1. The molecule has 0 bridgehead atoms. The van der Waals surface area contributed by atoms with Crippen molar-refractivity contribution in [2.24, 2.45) is 4.99 Å². The van der Waals surface area contributed by atoms with Gasteiger partial charge in [0.2, 0.25) is 5.91 Å². The fourth-order valence-corrected chi connectivity index (χ4v) is 2.95. The largest absolute Gasteiger partial charge is 0.390 e. The number of rotatable bonds is 7. The Bertz CT molecular complexity index is 676. The minimum absolute atomic E-state index is 0. The van der Waals surface area contributed by atoms with Gasteiger partial charge in [0.05, 0.1) is 13.0 Å². The molecule has 0 saturated carbocycles. The molecular weight excluding hydrogens is 517 g/mol. The number of amides is 1. The predicted molar refractivity (Wildman–Crippen MR) is 120 cm³/mol. The molecular formula is C19H28F4IN5O. The van der Waals surface area contributed by atoms with Gasteiger partial charge in [-0.25, -0.2) is 4.39 Å². The van der Waals surface area contributed by atoms with Gasteiger partial charge in [-0.15, -0.1) is 24.0 Å². The van der Waals surface area contributed by atoms with Crippen molar-refractivity contribution in [3.05, 3.63) is 30.1 Å². The number of piperazine rings is 1. The maximum atomic E-state index is 13.0. The van der Waals surface area contributed by atoms with Gasteiger partial charge in [0, 0.05) is 51.4 Å². The molecule has 30 heavy (non-hydrogen) atoms. The van der Waals surface area contributed by atoms with Gasteiger partial charge in [0.1, 0.15) is 5.82 Å². The molecule has 0 atom stereocenters. The normalized spacial score (nSPS) is 14.9. The Hall–Kier alpha value is -1.79. The molecule has 0 aliphatic carbocycles. The van der Waals surface area contributed by atoms with Crippen LogP contribution in [0, 0.1) is 5.82 Å². The number of carbonyl (C=O) groups excluding carboxylic acids is 1. The lowest BCUT2D eigenvalue weighted by Gasteiger charge is -2.36. The molecule has 0 spiro atoms. The molecule has 6 nitrogen and oxygen atoms in total. The minimum atomic E-state index is -4.24. The van der Waals surface area contributed by atoms with Crippen LogP contribution in [-0.2, 0) is 4.79 Å². The fraction of sp³-hybridized carbons (Fsp3) is 0.579. The highest BCUT2D eigenvalue weighted by atomic mass is 127. The van der Waals surface area contributed by atoms with Crippen LogP contribution in [0.3, 0.4) is 0 Å². The summed E-state index contributed by atoms with van der Waals surface area (Å²) in [6, 6.07) is 6.27. The number of guanidine groups is 1. The Balaban J connectivity index is 0.00000450. The highest BCUT2D eigenvalue weighted by molar-refractivity contribution is 14.0. The highest BCUT2D eigenvalue weighted by Crippen LogP contribution is 2.19. The first-order chi connectivity index (χ1) is 13.8. The molecule has 1 aliphatic rings. The van der Waals surface area contributed by atoms with E-state index in [4.69, 9.17) is 0 Å². The molecule has 0 radical (unpaired) electrons. The molecule has 170 valence electrons. The lowest BCUT2D eigenvalue weighted by molar-refractivity contribution is -0.132. The summed E-state index contributed by atoms with van der Waals surface area (Å²) < 4.78 is 49.7. The summed E-state index contributed by atoms with van der Waals surface area (Å²) in [5, 5.41) is 5.76. The molecule has 11 heteroatoms. The molecule has 1 fully saturated rings. The fourth-order valence-electron chi connectivity index (χ4n) is 2.95. The average molecular weight is 545 g/mol. The van der Waals surface area contributed by atoms with Gasteiger partial charge >= 0.3 is 6.18 Å². The third kappa shape index (κ3) is 9.35. The van der Waals surface area contributed by atoms with E-state index in [-0.39, 0.29) is 61.2 Å². The standard InChI is InChI=1S/C19H27F4N5O.HI/c1-2-24-18(26-10-8-19(21,22)23)25-9-7-17(29)28-13-11-27(12-14-28)16-5-3-15(20)4-6-16;/h3-6H,2,7-14H2,1H3,(H2,24,25,26);1H. The molecule has 0 unspecified atom stereocenters. The van der Waals surface area contributed by atoms with Crippen LogP contribution in [0.5, 0.6) is 0 Å². The van der Waals surface area contributed by atoms with Gasteiger partial charge in [-0.1, -0.05) is 0 Å². The number of hydrogen-bond donors (Lipinski definition) is 2. The van der Waals surface area contributed by atoms with E-state index in [2.05, 4.69) is 20.5 Å². The zero-order valence-corrected chi connectivity index (χ0v) is 19.2. The molecule has 1 heterocycles. The summed E-state index contributed by atoms with van der Waals surface area (Å²) in [4.78, 5) is 20.1. The number of hydrogen-bond acceptors (Lipinski definition) is 3. The Morgan fingerprint density at radius 3 is 2.30 bits per heavy atom. The van der Waals surface area contributed by atoms with E-state index in [9.17, 15) is 22.4 Å². The van der Waals surface area contributed by atoms with Gasteiger partial charge in [-0.05, 0) is 31.2 Å². The Morgan fingerprint density at radius 1 is 1.10 bits per heavy atom. The van der Waals surface area contributed by atoms with Crippen molar-refractivity contribution in [1.82, 2.24) is 15.5 Å². The average Bonchev–Trinajstić information content (AvgIpc) is 2.67. The number of alkyl halides is 3. The smallest absolute Gasteiger partial charge is 0.368 e.